The fraction of sp³-hybridized carbons (Fsp3) is 0.300. The molecule has 0 aliphatic carbocycles. The summed E-state index contributed by atoms with van der Waals surface area (Å²) < 4.78 is 0.690. The zero-order valence-corrected chi connectivity index (χ0v) is 11.0. The molecular formula is C10H12BrNOSi. The lowest BCUT2D eigenvalue weighted by Crippen LogP contribution is -2.16. The van der Waals surface area contributed by atoms with E-state index in [9.17, 15) is 5.11 Å². The van der Waals surface area contributed by atoms with E-state index in [1.165, 1.54) is 0 Å². The molecule has 0 unspecified atom stereocenters. The van der Waals surface area contributed by atoms with Crippen LogP contribution in [-0.4, -0.2) is 18.2 Å². The van der Waals surface area contributed by atoms with E-state index in [1.54, 1.807) is 12.1 Å². The van der Waals surface area contributed by atoms with Gasteiger partial charge < -0.3 is 5.11 Å². The van der Waals surface area contributed by atoms with Gasteiger partial charge in [0, 0.05) is 0 Å². The van der Waals surface area contributed by atoms with Gasteiger partial charge in [-0.1, -0.05) is 25.6 Å². The van der Waals surface area contributed by atoms with Crippen molar-refractivity contribution in [3.05, 3.63) is 22.4 Å². The lowest BCUT2D eigenvalue weighted by atomic mass is 10.3. The number of aromatic nitrogens is 1. The van der Waals surface area contributed by atoms with E-state index < -0.39 is 8.07 Å². The molecule has 0 aliphatic rings. The molecule has 1 aromatic heterocycles. The smallest absolute Gasteiger partial charge is 0.155 e. The predicted molar refractivity (Wildman–Crippen MR) is 63.8 cm³/mol. The number of nitrogens with zero attached hydrogens (tertiary/aromatic N) is 1. The highest BCUT2D eigenvalue weighted by molar-refractivity contribution is 9.10. The third-order valence-electron chi connectivity index (χ3n) is 1.40. The van der Waals surface area contributed by atoms with Crippen molar-refractivity contribution in [1.29, 1.82) is 0 Å². The summed E-state index contributed by atoms with van der Waals surface area (Å²) in [6, 6.07) is 3.28. The van der Waals surface area contributed by atoms with Crippen molar-refractivity contribution in [1.82, 2.24) is 4.98 Å². The summed E-state index contributed by atoms with van der Waals surface area (Å²) in [5, 5.41) is 9.46. The van der Waals surface area contributed by atoms with Crippen LogP contribution in [0.25, 0.3) is 0 Å². The predicted octanol–water partition coefficient (Wildman–Crippen LogP) is 2.78. The fourth-order valence-corrected chi connectivity index (χ4v) is 1.57. The van der Waals surface area contributed by atoms with Crippen LogP contribution in [0.3, 0.4) is 0 Å². The van der Waals surface area contributed by atoms with E-state index in [1.807, 2.05) is 0 Å². The standard InChI is InChI=1S/C10H12BrNOSi/c1-14(2,3)7-6-8-9(13)4-5-10(11)12-8/h4-5,13H,1-3H3. The first-order valence-corrected chi connectivity index (χ1v) is 8.56. The Morgan fingerprint density at radius 1 is 1.36 bits per heavy atom. The second kappa shape index (κ2) is 4.16. The molecule has 2 nitrogen and oxygen atoms in total. The van der Waals surface area contributed by atoms with Gasteiger partial charge in [-0.25, -0.2) is 4.98 Å². The van der Waals surface area contributed by atoms with E-state index >= 15 is 0 Å². The van der Waals surface area contributed by atoms with Crippen LogP contribution in [0.4, 0.5) is 0 Å². The van der Waals surface area contributed by atoms with E-state index in [0.29, 0.717) is 10.3 Å². The lowest BCUT2D eigenvalue weighted by molar-refractivity contribution is 0.470. The summed E-state index contributed by atoms with van der Waals surface area (Å²) >= 11 is 3.24. The molecule has 0 amide bonds. The van der Waals surface area contributed by atoms with Gasteiger partial charge in [0.1, 0.15) is 18.4 Å². The van der Waals surface area contributed by atoms with Crippen LogP contribution >= 0.6 is 15.9 Å². The zero-order chi connectivity index (χ0) is 10.8. The van der Waals surface area contributed by atoms with E-state index in [-0.39, 0.29) is 5.75 Å². The number of pyridine rings is 1. The number of rotatable bonds is 0. The van der Waals surface area contributed by atoms with Gasteiger partial charge in [-0.2, -0.15) is 0 Å². The van der Waals surface area contributed by atoms with Crippen molar-refractivity contribution >= 4 is 24.0 Å². The molecule has 0 spiro atoms. The lowest BCUT2D eigenvalue weighted by Gasteiger charge is -2.03. The SMILES string of the molecule is C[Si](C)(C)C#Cc1nc(Br)ccc1O. The highest BCUT2D eigenvalue weighted by Crippen LogP contribution is 2.16. The Morgan fingerprint density at radius 3 is 2.57 bits per heavy atom. The summed E-state index contributed by atoms with van der Waals surface area (Å²) in [4.78, 5) is 4.09. The molecule has 0 atom stereocenters. The second-order valence-corrected chi connectivity index (χ2v) is 9.56. The van der Waals surface area contributed by atoms with Crippen LogP contribution in [0.15, 0.2) is 16.7 Å². The molecule has 0 aliphatic heterocycles. The Bertz CT molecular complexity index is 401. The molecule has 0 bridgehead atoms. The van der Waals surface area contributed by atoms with Gasteiger partial charge in [-0.05, 0) is 28.1 Å². The van der Waals surface area contributed by atoms with E-state index in [0.717, 1.165) is 0 Å². The first-order chi connectivity index (χ1) is 6.38. The summed E-state index contributed by atoms with van der Waals surface area (Å²) in [5.41, 5.74) is 3.60. The van der Waals surface area contributed by atoms with Crippen molar-refractivity contribution in [3.8, 4) is 17.2 Å². The Labute approximate surface area is 93.5 Å². The van der Waals surface area contributed by atoms with Crippen molar-refractivity contribution in [3.63, 3.8) is 0 Å². The van der Waals surface area contributed by atoms with Gasteiger partial charge in [-0.3, -0.25) is 0 Å². The first kappa shape index (κ1) is 11.3. The van der Waals surface area contributed by atoms with Crippen molar-refractivity contribution < 1.29 is 5.11 Å². The maximum atomic E-state index is 9.46. The van der Waals surface area contributed by atoms with Gasteiger partial charge in [0.2, 0.25) is 0 Å². The third-order valence-corrected chi connectivity index (χ3v) is 2.71. The summed E-state index contributed by atoms with van der Waals surface area (Å²) in [7, 11) is -1.41. The molecule has 14 heavy (non-hydrogen) atoms. The fourth-order valence-electron chi connectivity index (χ4n) is 0.767. The van der Waals surface area contributed by atoms with Crippen LogP contribution in [0, 0.1) is 11.5 Å². The highest BCUT2D eigenvalue weighted by Gasteiger charge is 2.08. The average Bonchev–Trinajstić information content (AvgIpc) is 2.05. The molecule has 0 radical (unpaired) electrons. The van der Waals surface area contributed by atoms with E-state index in [2.05, 4.69) is 52.0 Å². The van der Waals surface area contributed by atoms with Crippen LogP contribution < -0.4 is 0 Å². The quantitative estimate of drug-likeness (QED) is 0.447. The van der Waals surface area contributed by atoms with Crippen molar-refractivity contribution in [2.45, 2.75) is 19.6 Å². The van der Waals surface area contributed by atoms with Gasteiger partial charge in [0.15, 0.2) is 5.69 Å². The van der Waals surface area contributed by atoms with Gasteiger partial charge in [0.25, 0.3) is 0 Å². The molecule has 74 valence electrons. The largest absolute Gasteiger partial charge is 0.505 e. The molecule has 0 fully saturated rings. The molecule has 0 saturated carbocycles. The Kier molecular flexibility index (Phi) is 3.35. The number of hydrogen-bond donors (Lipinski definition) is 1. The zero-order valence-electron chi connectivity index (χ0n) is 8.43. The van der Waals surface area contributed by atoms with Crippen LogP contribution in [0.1, 0.15) is 5.69 Å². The normalized spacial score (nSPS) is 10.6. The van der Waals surface area contributed by atoms with Crippen molar-refractivity contribution in [2.24, 2.45) is 0 Å². The maximum absolute atomic E-state index is 9.46. The van der Waals surface area contributed by atoms with Gasteiger partial charge in [0.05, 0.1) is 0 Å². The van der Waals surface area contributed by atoms with Crippen LogP contribution in [0.5, 0.6) is 5.75 Å². The minimum Gasteiger partial charge on any atom is -0.505 e. The monoisotopic (exact) mass is 269 g/mol. The number of halogens is 1. The van der Waals surface area contributed by atoms with E-state index in [4.69, 9.17) is 0 Å². The Morgan fingerprint density at radius 2 is 2.00 bits per heavy atom. The first-order valence-electron chi connectivity index (χ1n) is 4.27. The minimum absolute atomic E-state index is 0.138. The summed E-state index contributed by atoms with van der Waals surface area (Å²) in [5.74, 6) is 3.05. The van der Waals surface area contributed by atoms with Crippen LogP contribution in [-0.2, 0) is 0 Å². The Hall–Kier alpha value is -0.793. The molecule has 0 saturated heterocycles. The third kappa shape index (κ3) is 3.52. The summed E-state index contributed by atoms with van der Waals surface area (Å²) in [6.45, 7) is 6.44. The maximum Gasteiger partial charge on any atom is 0.155 e. The molecule has 1 N–H and O–H groups in total. The molecule has 1 heterocycles. The summed E-state index contributed by atoms with van der Waals surface area (Å²) in [6.07, 6.45) is 0. The molecule has 1 aromatic rings. The van der Waals surface area contributed by atoms with Crippen LogP contribution in [0.2, 0.25) is 19.6 Å². The highest BCUT2D eigenvalue weighted by atomic mass is 79.9. The Balaban J connectivity index is 3.06. The molecule has 1 rings (SSSR count). The van der Waals surface area contributed by atoms with Gasteiger partial charge in [-0.15, -0.1) is 5.54 Å². The molecular weight excluding hydrogens is 258 g/mol. The molecule has 4 heteroatoms. The number of aromatic hydroxyl groups is 1. The molecule has 0 aromatic carbocycles. The average molecular weight is 270 g/mol. The van der Waals surface area contributed by atoms with Gasteiger partial charge >= 0.3 is 0 Å². The topological polar surface area (TPSA) is 33.1 Å². The van der Waals surface area contributed by atoms with Crippen molar-refractivity contribution in [2.75, 3.05) is 0 Å². The second-order valence-electron chi connectivity index (χ2n) is 4.00. The number of hydrogen-bond acceptors (Lipinski definition) is 2. The minimum atomic E-state index is -1.41.